The summed E-state index contributed by atoms with van der Waals surface area (Å²) in [6.45, 7) is 8.98. The van der Waals surface area contributed by atoms with Crippen molar-refractivity contribution in [2.45, 2.75) is 52.4 Å². The van der Waals surface area contributed by atoms with Gasteiger partial charge in [0.25, 0.3) is 0 Å². The number of anilines is 1. The molecule has 1 amide bonds. The molecule has 0 aliphatic rings. The van der Waals surface area contributed by atoms with Crippen LogP contribution in [0.5, 0.6) is 5.75 Å². The van der Waals surface area contributed by atoms with Gasteiger partial charge in [-0.3, -0.25) is 4.79 Å². The lowest BCUT2D eigenvalue weighted by Gasteiger charge is -2.11. The molecule has 1 N–H and O–H groups in total. The van der Waals surface area contributed by atoms with Gasteiger partial charge in [0.15, 0.2) is 11.0 Å². The number of nitrogens with zero attached hydrogens (tertiary/aromatic N) is 3. The molecule has 3 aromatic rings. The molecule has 0 aliphatic carbocycles. The van der Waals surface area contributed by atoms with Crippen LogP contribution < -0.4 is 10.1 Å². The summed E-state index contributed by atoms with van der Waals surface area (Å²) < 4.78 is 12.7. The standard InChI is InChI=1S/C23H28N4O4S2/c1-6-16-11-17(22(29)30-5)21(33-16)24-20(28)13-32-23-26-25-19(27(23)7-2)12-31-18-9-8-14(3)10-15(18)4/h8-11H,6-7,12-13H2,1-5H3,(H,24,28). The Bertz CT molecular complexity index is 1140. The Kier molecular flexibility index (Phi) is 8.51. The summed E-state index contributed by atoms with van der Waals surface area (Å²) in [7, 11) is 1.33. The number of thiophene rings is 1. The van der Waals surface area contributed by atoms with Crippen molar-refractivity contribution in [3.63, 3.8) is 0 Å². The number of aromatic nitrogens is 3. The predicted molar refractivity (Wildman–Crippen MR) is 130 cm³/mol. The highest BCUT2D eigenvalue weighted by molar-refractivity contribution is 7.99. The van der Waals surface area contributed by atoms with Gasteiger partial charge in [0.05, 0.1) is 18.4 Å². The highest BCUT2D eigenvalue weighted by Crippen LogP contribution is 2.30. The molecule has 10 heteroatoms. The van der Waals surface area contributed by atoms with Gasteiger partial charge in [-0.05, 0) is 44.9 Å². The lowest BCUT2D eigenvalue weighted by Crippen LogP contribution is -2.16. The van der Waals surface area contributed by atoms with Crippen LogP contribution in [0.2, 0.25) is 0 Å². The van der Waals surface area contributed by atoms with Crippen LogP contribution >= 0.6 is 23.1 Å². The Morgan fingerprint density at radius 1 is 1.18 bits per heavy atom. The van der Waals surface area contributed by atoms with Crippen molar-refractivity contribution in [3.05, 3.63) is 51.7 Å². The van der Waals surface area contributed by atoms with E-state index in [0.717, 1.165) is 22.6 Å². The van der Waals surface area contributed by atoms with Crippen molar-refractivity contribution in [2.24, 2.45) is 0 Å². The number of hydrogen-bond donors (Lipinski definition) is 1. The molecular formula is C23H28N4O4S2. The number of carbonyl (C=O) groups is 2. The van der Waals surface area contributed by atoms with Crippen LogP contribution in [0.15, 0.2) is 29.4 Å². The minimum absolute atomic E-state index is 0.135. The fourth-order valence-corrected chi connectivity index (χ4v) is 5.04. The Morgan fingerprint density at radius 3 is 2.64 bits per heavy atom. The van der Waals surface area contributed by atoms with Gasteiger partial charge in [-0.2, -0.15) is 0 Å². The minimum Gasteiger partial charge on any atom is -0.485 e. The first-order valence-electron chi connectivity index (χ1n) is 10.6. The van der Waals surface area contributed by atoms with Crippen molar-refractivity contribution in [2.75, 3.05) is 18.2 Å². The van der Waals surface area contributed by atoms with E-state index in [4.69, 9.17) is 9.47 Å². The van der Waals surface area contributed by atoms with Gasteiger partial charge in [0.2, 0.25) is 5.91 Å². The number of rotatable bonds is 10. The molecule has 0 saturated heterocycles. The zero-order valence-corrected chi connectivity index (χ0v) is 21.1. The van der Waals surface area contributed by atoms with Crippen molar-refractivity contribution in [3.8, 4) is 5.75 Å². The number of nitrogens with one attached hydrogen (secondary N) is 1. The van der Waals surface area contributed by atoms with Gasteiger partial charge in [-0.15, -0.1) is 21.5 Å². The summed E-state index contributed by atoms with van der Waals surface area (Å²) in [4.78, 5) is 25.6. The van der Waals surface area contributed by atoms with Crippen molar-refractivity contribution in [1.82, 2.24) is 14.8 Å². The Balaban J connectivity index is 1.62. The Labute approximate surface area is 201 Å². The lowest BCUT2D eigenvalue weighted by atomic mass is 10.1. The van der Waals surface area contributed by atoms with Gasteiger partial charge < -0.3 is 19.4 Å². The third-order valence-corrected chi connectivity index (χ3v) is 7.08. The fraction of sp³-hybridized carbons (Fsp3) is 0.391. The fourth-order valence-electron chi connectivity index (χ4n) is 3.22. The molecule has 0 radical (unpaired) electrons. The molecule has 176 valence electrons. The molecule has 0 unspecified atom stereocenters. The number of methoxy groups -OCH3 is 1. The van der Waals surface area contributed by atoms with E-state index in [1.807, 2.05) is 44.4 Å². The number of ether oxygens (including phenoxy) is 2. The van der Waals surface area contributed by atoms with Gasteiger partial charge in [0, 0.05) is 11.4 Å². The SMILES string of the molecule is CCc1cc(C(=O)OC)c(NC(=O)CSc2nnc(COc3ccc(C)cc3C)n2CC)s1. The molecule has 2 heterocycles. The first kappa shape index (κ1) is 24.8. The Hall–Kier alpha value is -2.85. The normalized spacial score (nSPS) is 10.8. The topological polar surface area (TPSA) is 95.3 Å². The van der Waals surface area contributed by atoms with Gasteiger partial charge in [-0.25, -0.2) is 4.79 Å². The minimum atomic E-state index is -0.465. The summed E-state index contributed by atoms with van der Waals surface area (Å²) in [5, 5.41) is 12.5. The van der Waals surface area contributed by atoms with Crippen LogP contribution in [0.4, 0.5) is 5.00 Å². The average Bonchev–Trinajstić information content (AvgIpc) is 3.39. The molecule has 33 heavy (non-hydrogen) atoms. The first-order valence-corrected chi connectivity index (χ1v) is 12.4. The number of hydrogen-bond acceptors (Lipinski definition) is 8. The van der Waals surface area contributed by atoms with Crippen molar-refractivity contribution in [1.29, 1.82) is 0 Å². The lowest BCUT2D eigenvalue weighted by molar-refractivity contribution is -0.113. The van der Waals surface area contributed by atoms with E-state index in [2.05, 4.69) is 21.6 Å². The van der Waals surface area contributed by atoms with Gasteiger partial charge in [-0.1, -0.05) is 36.4 Å². The Morgan fingerprint density at radius 2 is 1.97 bits per heavy atom. The monoisotopic (exact) mass is 488 g/mol. The number of amides is 1. The molecule has 2 aromatic heterocycles. The largest absolute Gasteiger partial charge is 0.485 e. The smallest absolute Gasteiger partial charge is 0.340 e. The zero-order chi connectivity index (χ0) is 24.0. The van der Waals surface area contributed by atoms with Crippen LogP contribution in [-0.4, -0.2) is 39.5 Å². The summed E-state index contributed by atoms with van der Waals surface area (Å²) in [6, 6.07) is 7.79. The maximum Gasteiger partial charge on any atom is 0.340 e. The second-order valence-corrected chi connectivity index (χ2v) is 9.42. The zero-order valence-electron chi connectivity index (χ0n) is 19.4. The van der Waals surface area contributed by atoms with Crippen LogP contribution in [0, 0.1) is 13.8 Å². The van der Waals surface area contributed by atoms with E-state index in [-0.39, 0.29) is 18.3 Å². The molecule has 8 nitrogen and oxygen atoms in total. The predicted octanol–water partition coefficient (Wildman–Crippen LogP) is 4.64. The highest BCUT2D eigenvalue weighted by Gasteiger charge is 2.19. The number of esters is 1. The summed E-state index contributed by atoms with van der Waals surface area (Å²) in [5.41, 5.74) is 2.62. The second kappa shape index (κ2) is 11.3. The van der Waals surface area contributed by atoms with Crippen molar-refractivity contribution >= 4 is 40.0 Å². The molecule has 0 fully saturated rings. The van der Waals surface area contributed by atoms with Crippen LogP contribution in [0.1, 0.15) is 46.0 Å². The molecule has 3 rings (SSSR count). The summed E-state index contributed by atoms with van der Waals surface area (Å²) >= 11 is 2.67. The summed E-state index contributed by atoms with van der Waals surface area (Å²) in [6.07, 6.45) is 0.770. The average molecular weight is 489 g/mol. The van der Waals surface area contributed by atoms with Gasteiger partial charge >= 0.3 is 5.97 Å². The molecule has 0 saturated carbocycles. The van der Waals surface area contributed by atoms with E-state index in [9.17, 15) is 9.59 Å². The molecule has 0 bridgehead atoms. The van der Waals surface area contributed by atoms with Crippen molar-refractivity contribution < 1.29 is 19.1 Å². The van der Waals surface area contributed by atoms with E-state index < -0.39 is 5.97 Å². The summed E-state index contributed by atoms with van der Waals surface area (Å²) in [5.74, 6) is 0.945. The highest BCUT2D eigenvalue weighted by atomic mass is 32.2. The van der Waals surface area contributed by atoms with Crippen LogP contribution in [-0.2, 0) is 29.1 Å². The van der Waals surface area contributed by atoms with E-state index in [0.29, 0.717) is 28.1 Å². The maximum absolute atomic E-state index is 12.6. The third-order valence-electron chi connectivity index (χ3n) is 4.92. The quantitative estimate of drug-likeness (QED) is 0.328. The molecule has 0 atom stereocenters. The molecule has 0 spiro atoms. The van der Waals surface area contributed by atoms with Crippen LogP contribution in [0.25, 0.3) is 0 Å². The van der Waals surface area contributed by atoms with E-state index in [1.165, 1.54) is 35.8 Å². The third kappa shape index (κ3) is 6.14. The first-order chi connectivity index (χ1) is 15.9. The van der Waals surface area contributed by atoms with Crippen LogP contribution in [0.3, 0.4) is 0 Å². The second-order valence-electron chi connectivity index (χ2n) is 7.34. The molecule has 0 aliphatic heterocycles. The van der Waals surface area contributed by atoms with Gasteiger partial charge in [0.1, 0.15) is 17.4 Å². The molecular weight excluding hydrogens is 460 g/mol. The maximum atomic E-state index is 12.6. The number of carbonyl (C=O) groups excluding carboxylic acids is 2. The number of thioether (sulfide) groups is 1. The number of aryl methyl sites for hydroxylation is 3. The van der Waals surface area contributed by atoms with E-state index in [1.54, 1.807) is 6.07 Å². The number of benzene rings is 1. The molecule has 1 aromatic carbocycles. The van der Waals surface area contributed by atoms with E-state index >= 15 is 0 Å².